The van der Waals surface area contributed by atoms with Crippen molar-refractivity contribution < 1.29 is 9.13 Å². The maximum absolute atomic E-state index is 13.9. The lowest BCUT2D eigenvalue weighted by Crippen LogP contribution is -2.05. The van der Waals surface area contributed by atoms with E-state index in [0.29, 0.717) is 5.75 Å². The summed E-state index contributed by atoms with van der Waals surface area (Å²) in [5.74, 6) is 0.473. The molecule has 0 spiro atoms. The molecule has 1 atom stereocenters. The highest BCUT2D eigenvalue weighted by molar-refractivity contribution is 5.36. The Hall–Kier alpha value is -1.87. The van der Waals surface area contributed by atoms with Crippen LogP contribution in [0.1, 0.15) is 31.0 Å². The van der Waals surface area contributed by atoms with Crippen molar-refractivity contribution >= 4 is 0 Å². The standard InChI is InChI=1S/C16H18FNO/c1-3-12-5-4-6-14(9-12)19-16-8-7-13(11(2)18)10-15(16)17/h4-11H,3,18H2,1-2H3/t11-/m1/s1. The molecular weight excluding hydrogens is 241 g/mol. The second kappa shape index (κ2) is 5.85. The van der Waals surface area contributed by atoms with E-state index in [-0.39, 0.29) is 11.8 Å². The summed E-state index contributed by atoms with van der Waals surface area (Å²) in [7, 11) is 0. The highest BCUT2D eigenvalue weighted by Gasteiger charge is 2.08. The Kier molecular flexibility index (Phi) is 4.17. The molecule has 0 aliphatic rings. The van der Waals surface area contributed by atoms with Gasteiger partial charge in [0.25, 0.3) is 0 Å². The first-order chi connectivity index (χ1) is 9.10. The molecule has 100 valence electrons. The molecule has 0 aromatic heterocycles. The number of nitrogens with two attached hydrogens (primary N) is 1. The second-order valence-corrected chi connectivity index (χ2v) is 4.58. The molecule has 0 unspecified atom stereocenters. The summed E-state index contributed by atoms with van der Waals surface area (Å²) in [6, 6.07) is 12.3. The quantitative estimate of drug-likeness (QED) is 0.893. The minimum atomic E-state index is -0.392. The van der Waals surface area contributed by atoms with Crippen LogP contribution < -0.4 is 10.5 Å². The summed E-state index contributed by atoms with van der Waals surface area (Å²) in [4.78, 5) is 0. The van der Waals surface area contributed by atoms with E-state index in [1.54, 1.807) is 12.1 Å². The van der Waals surface area contributed by atoms with Gasteiger partial charge in [-0.1, -0.05) is 25.1 Å². The van der Waals surface area contributed by atoms with Gasteiger partial charge in [0, 0.05) is 6.04 Å². The molecule has 0 saturated heterocycles. The second-order valence-electron chi connectivity index (χ2n) is 4.58. The average molecular weight is 259 g/mol. The Morgan fingerprint density at radius 1 is 1.21 bits per heavy atom. The van der Waals surface area contributed by atoms with Gasteiger partial charge in [-0.05, 0) is 48.7 Å². The number of aryl methyl sites for hydroxylation is 1. The number of benzene rings is 2. The third-order valence-corrected chi connectivity index (χ3v) is 3.02. The van der Waals surface area contributed by atoms with E-state index in [9.17, 15) is 4.39 Å². The van der Waals surface area contributed by atoms with Crippen molar-refractivity contribution in [2.24, 2.45) is 5.73 Å². The molecule has 0 bridgehead atoms. The van der Waals surface area contributed by atoms with Gasteiger partial charge in [-0.25, -0.2) is 4.39 Å². The van der Waals surface area contributed by atoms with Gasteiger partial charge in [0.1, 0.15) is 5.75 Å². The number of hydrogen-bond donors (Lipinski definition) is 1. The fraction of sp³-hybridized carbons (Fsp3) is 0.250. The first-order valence-corrected chi connectivity index (χ1v) is 6.42. The van der Waals surface area contributed by atoms with Gasteiger partial charge < -0.3 is 10.5 Å². The third-order valence-electron chi connectivity index (χ3n) is 3.02. The van der Waals surface area contributed by atoms with Crippen LogP contribution in [0.2, 0.25) is 0 Å². The molecule has 2 aromatic carbocycles. The van der Waals surface area contributed by atoms with Crippen LogP contribution in [-0.4, -0.2) is 0 Å². The minimum absolute atomic E-state index is 0.188. The van der Waals surface area contributed by atoms with Gasteiger partial charge in [0.15, 0.2) is 11.6 Å². The Labute approximate surface area is 113 Å². The zero-order chi connectivity index (χ0) is 13.8. The van der Waals surface area contributed by atoms with E-state index >= 15 is 0 Å². The zero-order valence-corrected chi connectivity index (χ0v) is 11.2. The van der Waals surface area contributed by atoms with Crippen molar-refractivity contribution in [1.29, 1.82) is 0 Å². The summed E-state index contributed by atoms with van der Waals surface area (Å²) in [5.41, 5.74) is 7.63. The number of hydrogen-bond acceptors (Lipinski definition) is 2. The van der Waals surface area contributed by atoms with E-state index in [1.165, 1.54) is 6.07 Å². The topological polar surface area (TPSA) is 35.2 Å². The normalized spacial score (nSPS) is 12.2. The molecule has 0 heterocycles. The maximum Gasteiger partial charge on any atom is 0.166 e. The largest absolute Gasteiger partial charge is 0.454 e. The van der Waals surface area contributed by atoms with E-state index in [0.717, 1.165) is 17.5 Å². The molecule has 0 aliphatic heterocycles. The molecule has 0 amide bonds. The predicted octanol–water partition coefficient (Wildman–Crippen LogP) is 4.20. The van der Waals surface area contributed by atoms with Crippen LogP contribution in [0.3, 0.4) is 0 Å². The van der Waals surface area contributed by atoms with Crippen LogP contribution in [0, 0.1) is 5.82 Å². The van der Waals surface area contributed by atoms with Crippen molar-refractivity contribution in [3.05, 3.63) is 59.4 Å². The summed E-state index contributed by atoms with van der Waals surface area (Å²) in [5, 5.41) is 0. The van der Waals surface area contributed by atoms with Gasteiger partial charge in [0.05, 0.1) is 0 Å². The van der Waals surface area contributed by atoms with Crippen molar-refractivity contribution in [2.75, 3.05) is 0 Å². The van der Waals surface area contributed by atoms with Crippen molar-refractivity contribution in [1.82, 2.24) is 0 Å². The molecule has 0 radical (unpaired) electrons. The lowest BCUT2D eigenvalue weighted by atomic mass is 10.1. The Morgan fingerprint density at radius 3 is 2.63 bits per heavy atom. The molecule has 3 heteroatoms. The number of rotatable bonds is 4. The monoisotopic (exact) mass is 259 g/mol. The Balaban J connectivity index is 2.23. The smallest absolute Gasteiger partial charge is 0.166 e. The van der Waals surface area contributed by atoms with Gasteiger partial charge in [0.2, 0.25) is 0 Å². The lowest BCUT2D eigenvalue weighted by molar-refractivity contribution is 0.441. The van der Waals surface area contributed by atoms with Crippen LogP contribution in [-0.2, 0) is 6.42 Å². The molecule has 0 fully saturated rings. The molecule has 2 rings (SSSR count). The lowest BCUT2D eigenvalue weighted by Gasteiger charge is -2.10. The van der Waals surface area contributed by atoms with Gasteiger partial charge in [-0.2, -0.15) is 0 Å². The molecule has 2 aromatic rings. The minimum Gasteiger partial charge on any atom is -0.454 e. The Morgan fingerprint density at radius 2 is 2.00 bits per heavy atom. The van der Waals surface area contributed by atoms with Crippen molar-refractivity contribution in [3.8, 4) is 11.5 Å². The average Bonchev–Trinajstić information content (AvgIpc) is 2.41. The third kappa shape index (κ3) is 3.32. The fourth-order valence-corrected chi connectivity index (χ4v) is 1.84. The van der Waals surface area contributed by atoms with Gasteiger partial charge in [-0.3, -0.25) is 0 Å². The van der Waals surface area contributed by atoms with E-state index in [2.05, 4.69) is 6.92 Å². The van der Waals surface area contributed by atoms with Crippen LogP contribution >= 0.6 is 0 Å². The van der Waals surface area contributed by atoms with Crippen LogP contribution in [0.5, 0.6) is 11.5 Å². The summed E-state index contributed by atoms with van der Waals surface area (Å²) >= 11 is 0. The van der Waals surface area contributed by atoms with Gasteiger partial charge in [-0.15, -0.1) is 0 Å². The van der Waals surface area contributed by atoms with Crippen molar-refractivity contribution in [2.45, 2.75) is 26.3 Å². The van der Waals surface area contributed by atoms with E-state index < -0.39 is 5.82 Å². The van der Waals surface area contributed by atoms with Gasteiger partial charge >= 0.3 is 0 Å². The summed E-state index contributed by atoms with van der Waals surface area (Å²) < 4.78 is 19.5. The molecule has 0 aliphatic carbocycles. The zero-order valence-electron chi connectivity index (χ0n) is 11.2. The summed E-state index contributed by atoms with van der Waals surface area (Å²) in [6.07, 6.45) is 0.920. The highest BCUT2D eigenvalue weighted by atomic mass is 19.1. The number of halogens is 1. The SMILES string of the molecule is CCc1cccc(Oc2ccc([C@@H](C)N)cc2F)c1. The highest BCUT2D eigenvalue weighted by Crippen LogP contribution is 2.27. The number of ether oxygens (including phenoxy) is 1. The molecule has 0 saturated carbocycles. The van der Waals surface area contributed by atoms with Crippen LogP contribution in [0.15, 0.2) is 42.5 Å². The predicted molar refractivity (Wildman–Crippen MR) is 74.9 cm³/mol. The summed E-state index contributed by atoms with van der Waals surface area (Å²) in [6.45, 7) is 3.89. The maximum atomic E-state index is 13.9. The molecule has 2 nitrogen and oxygen atoms in total. The Bertz CT molecular complexity index is 566. The first-order valence-electron chi connectivity index (χ1n) is 6.42. The van der Waals surface area contributed by atoms with E-state index in [1.807, 2.05) is 31.2 Å². The molecule has 2 N–H and O–H groups in total. The van der Waals surface area contributed by atoms with Crippen LogP contribution in [0.25, 0.3) is 0 Å². The molecule has 19 heavy (non-hydrogen) atoms. The van der Waals surface area contributed by atoms with Crippen LogP contribution in [0.4, 0.5) is 4.39 Å². The van der Waals surface area contributed by atoms with E-state index in [4.69, 9.17) is 10.5 Å². The fourth-order valence-electron chi connectivity index (χ4n) is 1.84. The first kappa shape index (κ1) is 13.6. The van der Waals surface area contributed by atoms with Crippen molar-refractivity contribution in [3.63, 3.8) is 0 Å². The molecular formula is C16H18FNO.